The number of nitrogens with one attached hydrogen (secondary N) is 1. The van der Waals surface area contributed by atoms with Crippen LogP contribution in [0.15, 0.2) is 24.3 Å². The van der Waals surface area contributed by atoms with E-state index in [-0.39, 0.29) is 24.6 Å². The second-order valence-electron chi connectivity index (χ2n) is 3.53. The van der Waals surface area contributed by atoms with Crippen molar-refractivity contribution in [2.45, 2.75) is 13.2 Å². The first-order valence-corrected chi connectivity index (χ1v) is 6.84. The third-order valence-electron chi connectivity index (χ3n) is 2.07. The Bertz CT molecular complexity index is 480. The van der Waals surface area contributed by atoms with Gasteiger partial charge in [-0.25, -0.2) is 13.6 Å². The first-order chi connectivity index (χ1) is 8.38. The molecule has 1 aromatic rings. The summed E-state index contributed by atoms with van der Waals surface area (Å²) in [6.45, 7) is -2.53. The summed E-state index contributed by atoms with van der Waals surface area (Å²) in [6.07, 6.45) is 0. The zero-order valence-corrected chi connectivity index (χ0v) is 10.3. The maximum absolute atomic E-state index is 12.1. The summed E-state index contributed by atoms with van der Waals surface area (Å²) >= 11 is 0. The van der Waals surface area contributed by atoms with E-state index in [4.69, 9.17) is 5.14 Å². The van der Waals surface area contributed by atoms with Crippen LogP contribution in [0.2, 0.25) is 0 Å². The minimum Gasteiger partial charge on any atom is -0.434 e. The van der Waals surface area contributed by atoms with Gasteiger partial charge in [0.25, 0.3) is 0 Å². The number of hydrogen-bond donors (Lipinski definition) is 2. The fourth-order valence-electron chi connectivity index (χ4n) is 1.30. The number of primary sulfonamides is 1. The molecule has 0 aromatic heterocycles. The van der Waals surface area contributed by atoms with Crippen molar-refractivity contribution in [3.63, 3.8) is 0 Å². The number of halogens is 2. The molecule has 3 N–H and O–H groups in total. The van der Waals surface area contributed by atoms with Crippen LogP contribution in [0.25, 0.3) is 0 Å². The van der Waals surface area contributed by atoms with E-state index < -0.39 is 16.6 Å². The molecule has 0 aliphatic carbocycles. The van der Waals surface area contributed by atoms with Gasteiger partial charge < -0.3 is 10.1 Å². The smallest absolute Gasteiger partial charge is 0.387 e. The fraction of sp³-hybridized carbons (Fsp3) is 0.400. The number of sulfonamides is 1. The Balaban J connectivity index is 2.51. The Morgan fingerprint density at radius 1 is 1.33 bits per heavy atom. The molecule has 0 radical (unpaired) electrons. The molecular weight excluding hydrogens is 266 g/mol. The van der Waals surface area contributed by atoms with Gasteiger partial charge in [0, 0.05) is 18.7 Å². The van der Waals surface area contributed by atoms with Crippen LogP contribution >= 0.6 is 0 Å². The van der Waals surface area contributed by atoms with Crippen LogP contribution in [0, 0.1) is 0 Å². The lowest BCUT2D eigenvalue weighted by atomic mass is 10.2. The van der Waals surface area contributed by atoms with Gasteiger partial charge >= 0.3 is 6.61 Å². The molecule has 0 bridgehead atoms. The van der Waals surface area contributed by atoms with Crippen molar-refractivity contribution in [2.24, 2.45) is 5.14 Å². The van der Waals surface area contributed by atoms with Gasteiger partial charge in [-0.05, 0) is 6.07 Å². The van der Waals surface area contributed by atoms with Crippen molar-refractivity contribution >= 4 is 10.0 Å². The maximum atomic E-state index is 12.1. The Morgan fingerprint density at radius 2 is 2.00 bits per heavy atom. The molecule has 102 valence electrons. The molecule has 8 heteroatoms. The molecule has 0 atom stereocenters. The Kier molecular flexibility index (Phi) is 5.45. The molecule has 5 nitrogen and oxygen atoms in total. The average molecular weight is 280 g/mol. The number of ether oxygens (including phenoxy) is 1. The van der Waals surface area contributed by atoms with E-state index in [0.29, 0.717) is 5.56 Å². The number of rotatable bonds is 7. The fourth-order valence-corrected chi connectivity index (χ4v) is 1.73. The normalized spacial score (nSPS) is 11.8. The van der Waals surface area contributed by atoms with Crippen molar-refractivity contribution in [3.05, 3.63) is 29.8 Å². The molecule has 0 spiro atoms. The predicted molar refractivity (Wildman–Crippen MR) is 62.8 cm³/mol. The monoisotopic (exact) mass is 280 g/mol. The first-order valence-electron chi connectivity index (χ1n) is 5.12. The summed E-state index contributed by atoms with van der Waals surface area (Å²) in [5.41, 5.74) is 0.521. The third kappa shape index (κ3) is 5.89. The van der Waals surface area contributed by atoms with Gasteiger partial charge in [-0.3, -0.25) is 0 Å². The van der Waals surface area contributed by atoms with Gasteiger partial charge in [0.2, 0.25) is 10.0 Å². The van der Waals surface area contributed by atoms with Gasteiger partial charge in [0.05, 0.1) is 5.75 Å². The molecule has 0 saturated carbocycles. The van der Waals surface area contributed by atoms with Crippen molar-refractivity contribution in [2.75, 3.05) is 12.3 Å². The first kappa shape index (κ1) is 14.8. The van der Waals surface area contributed by atoms with Gasteiger partial charge in [-0.2, -0.15) is 8.78 Å². The Labute approximate surface area is 104 Å². The third-order valence-corrected chi connectivity index (χ3v) is 2.84. The van der Waals surface area contributed by atoms with E-state index in [2.05, 4.69) is 10.1 Å². The molecule has 0 unspecified atom stereocenters. The van der Waals surface area contributed by atoms with E-state index >= 15 is 0 Å². The minimum absolute atomic E-state index is 0.0654. The summed E-state index contributed by atoms with van der Waals surface area (Å²) in [6, 6.07) is 6.28. The lowest BCUT2D eigenvalue weighted by Crippen LogP contribution is -2.27. The van der Waals surface area contributed by atoms with Crippen LogP contribution in [0.3, 0.4) is 0 Å². The number of para-hydroxylation sites is 1. The molecule has 1 aromatic carbocycles. The van der Waals surface area contributed by atoms with E-state index in [9.17, 15) is 17.2 Å². The van der Waals surface area contributed by atoms with Crippen LogP contribution in [0.4, 0.5) is 8.78 Å². The number of alkyl halides is 2. The molecule has 0 fully saturated rings. The van der Waals surface area contributed by atoms with Crippen LogP contribution in [0.1, 0.15) is 5.56 Å². The highest BCUT2D eigenvalue weighted by Crippen LogP contribution is 2.19. The molecule has 0 amide bonds. The van der Waals surface area contributed by atoms with Gasteiger partial charge in [-0.15, -0.1) is 0 Å². The van der Waals surface area contributed by atoms with Gasteiger partial charge in [-0.1, -0.05) is 18.2 Å². The highest BCUT2D eigenvalue weighted by Gasteiger charge is 2.09. The Morgan fingerprint density at radius 3 is 2.61 bits per heavy atom. The Hall–Kier alpha value is -1.25. The number of hydrogen-bond acceptors (Lipinski definition) is 4. The quantitative estimate of drug-likeness (QED) is 0.719. The lowest BCUT2D eigenvalue weighted by Gasteiger charge is -2.10. The van der Waals surface area contributed by atoms with E-state index in [1.54, 1.807) is 18.2 Å². The van der Waals surface area contributed by atoms with Gasteiger partial charge in [0.1, 0.15) is 5.75 Å². The average Bonchev–Trinajstić information content (AvgIpc) is 2.24. The van der Waals surface area contributed by atoms with Crippen molar-refractivity contribution in [3.8, 4) is 5.75 Å². The predicted octanol–water partition coefficient (Wildman–Crippen LogP) is 0.666. The number of nitrogens with two attached hydrogens (primary N) is 1. The van der Waals surface area contributed by atoms with Gasteiger partial charge in [0.15, 0.2) is 0 Å². The zero-order chi connectivity index (χ0) is 13.6. The van der Waals surface area contributed by atoms with E-state index in [1.807, 2.05) is 0 Å². The maximum Gasteiger partial charge on any atom is 0.387 e. The molecule has 0 aliphatic heterocycles. The largest absolute Gasteiger partial charge is 0.434 e. The van der Waals surface area contributed by atoms with E-state index in [0.717, 1.165) is 0 Å². The van der Waals surface area contributed by atoms with Crippen LogP contribution in [0.5, 0.6) is 5.75 Å². The number of benzene rings is 1. The summed E-state index contributed by atoms with van der Waals surface area (Å²) in [7, 11) is -3.52. The summed E-state index contributed by atoms with van der Waals surface area (Å²) in [4.78, 5) is 0. The zero-order valence-electron chi connectivity index (χ0n) is 9.47. The summed E-state index contributed by atoms with van der Waals surface area (Å²) in [5, 5.41) is 7.61. The highest BCUT2D eigenvalue weighted by atomic mass is 32.2. The molecule has 0 saturated heterocycles. The topological polar surface area (TPSA) is 81.4 Å². The van der Waals surface area contributed by atoms with Crippen LogP contribution in [-0.2, 0) is 16.6 Å². The summed E-state index contributed by atoms with van der Waals surface area (Å²) in [5.74, 6) is -0.152. The standard InChI is InChI=1S/C10H14F2N2O3S/c11-10(12)17-9-4-2-1-3-8(9)7-14-5-6-18(13,15)16/h1-4,10,14H,5-7H2,(H2,13,15,16). The second-order valence-corrected chi connectivity index (χ2v) is 5.26. The lowest BCUT2D eigenvalue weighted by molar-refractivity contribution is -0.0504. The minimum atomic E-state index is -3.52. The van der Waals surface area contributed by atoms with Crippen LogP contribution < -0.4 is 15.2 Å². The van der Waals surface area contributed by atoms with Crippen molar-refractivity contribution < 1.29 is 21.9 Å². The van der Waals surface area contributed by atoms with Crippen LogP contribution in [-0.4, -0.2) is 27.3 Å². The molecule has 0 aliphatic rings. The summed E-state index contributed by atoms with van der Waals surface area (Å²) < 4.78 is 49.9. The second kappa shape index (κ2) is 6.62. The SMILES string of the molecule is NS(=O)(=O)CCNCc1ccccc1OC(F)F. The van der Waals surface area contributed by atoms with E-state index in [1.165, 1.54) is 6.07 Å². The molecular formula is C10H14F2N2O3S. The molecule has 18 heavy (non-hydrogen) atoms. The van der Waals surface area contributed by atoms with Crippen molar-refractivity contribution in [1.82, 2.24) is 5.32 Å². The highest BCUT2D eigenvalue weighted by molar-refractivity contribution is 7.89. The molecule has 0 heterocycles. The molecule has 1 rings (SSSR count). The van der Waals surface area contributed by atoms with Crippen molar-refractivity contribution in [1.29, 1.82) is 0 Å².